The Morgan fingerprint density at radius 3 is 2.91 bits per heavy atom. The highest BCUT2D eigenvalue weighted by Crippen LogP contribution is 2.45. The van der Waals surface area contributed by atoms with Crippen LogP contribution in [0.2, 0.25) is 5.02 Å². The van der Waals surface area contributed by atoms with Gasteiger partial charge in [-0.2, -0.15) is 0 Å². The molecular weight excluding hydrogens is 446 g/mol. The van der Waals surface area contributed by atoms with Crippen LogP contribution in [-0.4, -0.2) is 59.8 Å². The number of carbonyl (C=O) groups is 1. The monoisotopic (exact) mass is 471 g/mol. The van der Waals surface area contributed by atoms with Crippen molar-refractivity contribution >= 4 is 39.1 Å². The van der Waals surface area contributed by atoms with Crippen LogP contribution in [0.15, 0.2) is 30.5 Å². The lowest BCUT2D eigenvalue weighted by Gasteiger charge is -2.29. The average Bonchev–Trinajstić information content (AvgIpc) is 3.43. The number of aromatic nitrogens is 1. The predicted octanol–water partition coefficient (Wildman–Crippen LogP) is 3.84. The third-order valence-corrected chi connectivity index (χ3v) is 7.88. The van der Waals surface area contributed by atoms with Gasteiger partial charge in [0.15, 0.2) is 6.10 Å². The van der Waals surface area contributed by atoms with E-state index in [0.717, 1.165) is 57.0 Å². The SMILES string of the molecule is CCC(CO)c1cc2nccc(-c3cc(Cl)cc4c3O[C@@H](C(=O)N3CCNCC3)C4)c2s1. The summed E-state index contributed by atoms with van der Waals surface area (Å²) < 4.78 is 7.32. The topological polar surface area (TPSA) is 74.7 Å². The van der Waals surface area contributed by atoms with E-state index in [1.54, 1.807) is 17.5 Å². The summed E-state index contributed by atoms with van der Waals surface area (Å²) in [6, 6.07) is 7.86. The van der Waals surface area contributed by atoms with E-state index < -0.39 is 6.10 Å². The normalized spacial score (nSPS) is 19.1. The smallest absolute Gasteiger partial charge is 0.264 e. The molecule has 2 aromatic heterocycles. The first-order valence-electron chi connectivity index (χ1n) is 11.1. The number of nitrogens with one attached hydrogen (secondary N) is 1. The number of rotatable bonds is 5. The van der Waals surface area contributed by atoms with Crippen LogP contribution < -0.4 is 10.1 Å². The van der Waals surface area contributed by atoms with E-state index in [4.69, 9.17) is 16.3 Å². The zero-order chi connectivity index (χ0) is 22.2. The van der Waals surface area contributed by atoms with Crippen LogP contribution in [0, 0.1) is 0 Å². The Bertz CT molecular complexity index is 1150. The second-order valence-corrected chi connectivity index (χ2v) is 9.86. The molecule has 0 bridgehead atoms. The molecule has 1 fully saturated rings. The molecule has 5 rings (SSSR count). The van der Waals surface area contributed by atoms with E-state index in [-0.39, 0.29) is 18.4 Å². The fourth-order valence-electron chi connectivity index (χ4n) is 4.54. The number of aliphatic hydroxyl groups excluding tert-OH is 1. The van der Waals surface area contributed by atoms with Crippen molar-refractivity contribution in [1.82, 2.24) is 15.2 Å². The van der Waals surface area contributed by atoms with Gasteiger partial charge in [0.1, 0.15) is 5.75 Å². The average molecular weight is 472 g/mol. The van der Waals surface area contributed by atoms with Gasteiger partial charge in [0.25, 0.3) is 5.91 Å². The lowest BCUT2D eigenvalue weighted by molar-refractivity contribution is -0.138. The third kappa shape index (κ3) is 3.88. The second-order valence-electron chi connectivity index (χ2n) is 8.34. The summed E-state index contributed by atoms with van der Waals surface area (Å²) in [6.07, 6.45) is 2.66. The number of pyridine rings is 1. The first-order valence-corrected chi connectivity index (χ1v) is 12.3. The molecule has 2 N–H and O–H groups in total. The van der Waals surface area contributed by atoms with Crippen molar-refractivity contribution in [3.8, 4) is 16.9 Å². The minimum Gasteiger partial charge on any atom is -0.479 e. The zero-order valence-electron chi connectivity index (χ0n) is 17.9. The van der Waals surface area contributed by atoms with Gasteiger partial charge in [0.2, 0.25) is 0 Å². The number of hydrogen-bond acceptors (Lipinski definition) is 6. The Labute approximate surface area is 196 Å². The molecule has 0 aliphatic carbocycles. The summed E-state index contributed by atoms with van der Waals surface area (Å²) >= 11 is 8.16. The molecule has 6 nitrogen and oxygen atoms in total. The highest BCUT2D eigenvalue weighted by Gasteiger charge is 2.35. The van der Waals surface area contributed by atoms with Gasteiger partial charge in [0.05, 0.1) is 16.8 Å². The number of carbonyl (C=O) groups excluding carboxylic acids is 1. The quantitative estimate of drug-likeness (QED) is 0.591. The molecule has 1 amide bonds. The van der Waals surface area contributed by atoms with Crippen LogP contribution in [0.3, 0.4) is 0 Å². The Morgan fingerprint density at radius 2 is 2.16 bits per heavy atom. The lowest BCUT2D eigenvalue weighted by Crippen LogP contribution is -2.50. The van der Waals surface area contributed by atoms with Gasteiger partial charge in [-0.3, -0.25) is 9.78 Å². The van der Waals surface area contributed by atoms with E-state index in [0.29, 0.717) is 24.5 Å². The van der Waals surface area contributed by atoms with Gasteiger partial charge in [-0.15, -0.1) is 11.3 Å². The number of halogens is 1. The number of hydrogen-bond donors (Lipinski definition) is 2. The van der Waals surface area contributed by atoms with E-state index in [9.17, 15) is 9.90 Å². The maximum atomic E-state index is 13.1. The molecule has 168 valence electrons. The van der Waals surface area contributed by atoms with Crippen LogP contribution in [0.4, 0.5) is 0 Å². The van der Waals surface area contributed by atoms with Gasteiger partial charge < -0.3 is 20.1 Å². The summed E-state index contributed by atoms with van der Waals surface area (Å²) in [6.45, 7) is 5.22. The van der Waals surface area contributed by atoms with Crippen molar-refractivity contribution in [3.63, 3.8) is 0 Å². The van der Waals surface area contributed by atoms with Gasteiger partial charge in [0, 0.05) is 71.3 Å². The molecule has 3 aromatic rings. The maximum Gasteiger partial charge on any atom is 0.264 e. The highest BCUT2D eigenvalue weighted by molar-refractivity contribution is 7.19. The molecule has 2 aliphatic heterocycles. The molecule has 4 heterocycles. The minimum absolute atomic E-state index is 0.0387. The molecule has 1 aromatic carbocycles. The Balaban J connectivity index is 1.53. The maximum absolute atomic E-state index is 13.1. The number of nitrogens with zero attached hydrogens (tertiary/aromatic N) is 2. The van der Waals surface area contributed by atoms with E-state index in [2.05, 4.69) is 23.3 Å². The van der Waals surface area contributed by atoms with E-state index >= 15 is 0 Å². The summed E-state index contributed by atoms with van der Waals surface area (Å²) in [5.41, 5.74) is 3.74. The summed E-state index contributed by atoms with van der Waals surface area (Å²) in [4.78, 5) is 20.6. The first kappa shape index (κ1) is 21.6. The molecular formula is C24H26ClN3O3S. The van der Waals surface area contributed by atoms with Crippen molar-refractivity contribution in [2.45, 2.75) is 31.8 Å². The molecule has 0 radical (unpaired) electrons. The fraction of sp³-hybridized carbons (Fsp3) is 0.417. The lowest BCUT2D eigenvalue weighted by atomic mass is 10.0. The Morgan fingerprint density at radius 1 is 1.34 bits per heavy atom. The first-order chi connectivity index (χ1) is 15.6. The minimum atomic E-state index is -0.518. The number of aliphatic hydroxyl groups is 1. The number of fused-ring (bicyclic) bond motifs is 2. The number of piperazine rings is 1. The number of benzene rings is 1. The van der Waals surface area contributed by atoms with E-state index in [1.807, 2.05) is 23.1 Å². The zero-order valence-corrected chi connectivity index (χ0v) is 19.5. The summed E-state index contributed by atoms with van der Waals surface area (Å²) in [5.74, 6) is 0.876. The standard InChI is InChI=1S/C24H26ClN3O3S/c1-2-14(13-29)21-12-19-23(32-21)17(3-4-27-19)18-11-16(25)9-15-10-20(31-22(15)18)24(30)28-7-5-26-6-8-28/h3-4,9,11-12,14,20,26,29H,2,5-8,10,13H2,1H3/t14?,20-/m1/s1. The van der Waals surface area contributed by atoms with Gasteiger partial charge in [-0.05, 0) is 30.7 Å². The van der Waals surface area contributed by atoms with Gasteiger partial charge >= 0.3 is 0 Å². The summed E-state index contributed by atoms with van der Waals surface area (Å²) in [7, 11) is 0. The number of amides is 1. The summed E-state index contributed by atoms with van der Waals surface area (Å²) in [5, 5.41) is 13.7. The third-order valence-electron chi connectivity index (χ3n) is 6.34. The Kier molecular flexibility index (Phi) is 6.07. The Hall–Kier alpha value is -2.19. The van der Waals surface area contributed by atoms with Crippen LogP contribution in [0.5, 0.6) is 5.75 Å². The van der Waals surface area contributed by atoms with Crippen molar-refractivity contribution in [2.24, 2.45) is 0 Å². The fourth-order valence-corrected chi connectivity index (χ4v) is 6.10. The molecule has 8 heteroatoms. The molecule has 2 atom stereocenters. The number of ether oxygens (including phenoxy) is 1. The van der Waals surface area contributed by atoms with E-state index in [1.165, 1.54) is 0 Å². The predicted molar refractivity (Wildman–Crippen MR) is 128 cm³/mol. The van der Waals surface area contributed by atoms with Crippen molar-refractivity contribution in [2.75, 3.05) is 32.8 Å². The van der Waals surface area contributed by atoms with Crippen molar-refractivity contribution in [1.29, 1.82) is 0 Å². The molecule has 0 saturated carbocycles. The van der Waals surface area contributed by atoms with Crippen molar-refractivity contribution in [3.05, 3.63) is 45.9 Å². The van der Waals surface area contributed by atoms with Crippen LogP contribution >= 0.6 is 22.9 Å². The molecule has 0 spiro atoms. The molecule has 1 saturated heterocycles. The molecule has 1 unspecified atom stereocenters. The highest BCUT2D eigenvalue weighted by atomic mass is 35.5. The van der Waals surface area contributed by atoms with Crippen LogP contribution in [-0.2, 0) is 11.2 Å². The second kappa shape index (κ2) is 8.98. The van der Waals surface area contributed by atoms with Gasteiger partial charge in [-0.25, -0.2) is 0 Å². The van der Waals surface area contributed by atoms with Crippen molar-refractivity contribution < 1.29 is 14.6 Å². The van der Waals surface area contributed by atoms with Crippen LogP contribution in [0.25, 0.3) is 21.3 Å². The largest absolute Gasteiger partial charge is 0.479 e. The number of thiophene rings is 1. The van der Waals surface area contributed by atoms with Crippen LogP contribution in [0.1, 0.15) is 29.7 Å². The molecule has 32 heavy (non-hydrogen) atoms. The molecule has 2 aliphatic rings. The van der Waals surface area contributed by atoms with Gasteiger partial charge in [-0.1, -0.05) is 18.5 Å².